The summed E-state index contributed by atoms with van der Waals surface area (Å²) in [6.07, 6.45) is 3.54. The topological polar surface area (TPSA) is 66.4 Å². The number of hydrogen-bond acceptors (Lipinski definition) is 3. The average Bonchev–Trinajstić information content (AvgIpc) is 2.31. The van der Waals surface area contributed by atoms with E-state index in [9.17, 15) is 9.59 Å². The molecule has 0 spiro atoms. The fourth-order valence-corrected chi connectivity index (χ4v) is 0.935. The zero-order chi connectivity index (χ0) is 8.27. The first-order valence-electron chi connectivity index (χ1n) is 3.34. The lowest BCUT2D eigenvalue weighted by molar-refractivity contribution is -0.136. The number of carboxylic acid groups (broad SMARTS) is 1. The first kappa shape index (κ1) is 7.94. The molecule has 0 fully saturated rings. The Morgan fingerprint density at radius 2 is 2.55 bits per heavy atom. The molecule has 1 aliphatic carbocycles. The maximum absolute atomic E-state index is 10.6. The van der Waals surface area contributed by atoms with Gasteiger partial charge in [-0.1, -0.05) is 6.08 Å². The van der Waals surface area contributed by atoms with Crippen LogP contribution in [0.5, 0.6) is 0 Å². The predicted molar refractivity (Wildman–Crippen MR) is 38.2 cm³/mol. The Morgan fingerprint density at radius 3 is 3.00 bits per heavy atom. The lowest BCUT2D eigenvalue weighted by Crippen LogP contribution is -2.31. The van der Waals surface area contributed by atoms with Crippen LogP contribution in [-0.2, 0) is 9.59 Å². The van der Waals surface area contributed by atoms with Crippen LogP contribution in [0.25, 0.3) is 0 Å². The van der Waals surface area contributed by atoms with Crippen molar-refractivity contribution in [3.8, 4) is 0 Å². The normalized spacial score (nSPS) is 22.5. The molecular weight excluding hydrogens is 146 g/mol. The minimum Gasteiger partial charge on any atom is -0.480 e. The number of allylic oxidation sites excluding steroid dienone is 1. The summed E-state index contributed by atoms with van der Waals surface area (Å²) in [5.41, 5.74) is 0. The molecule has 1 unspecified atom stereocenters. The summed E-state index contributed by atoms with van der Waals surface area (Å²) in [6, 6.07) is -0.0846. The quantitative estimate of drug-likeness (QED) is 0.579. The summed E-state index contributed by atoms with van der Waals surface area (Å²) >= 11 is 0. The molecule has 0 aromatic carbocycles. The van der Waals surface area contributed by atoms with Gasteiger partial charge in [0, 0.05) is 12.5 Å². The number of carbonyl (C=O) groups is 2. The highest BCUT2D eigenvalue weighted by Gasteiger charge is 2.15. The SMILES string of the molecule is O=C(O)CNC1C=CC(=O)C1. The van der Waals surface area contributed by atoms with Crippen LogP contribution in [0.3, 0.4) is 0 Å². The van der Waals surface area contributed by atoms with E-state index in [0.29, 0.717) is 6.42 Å². The molecule has 0 saturated heterocycles. The lowest BCUT2D eigenvalue weighted by Gasteiger charge is -2.05. The molecular formula is C7H9NO3. The second kappa shape index (κ2) is 3.30. The lowest BCUT2D eigenvalue weighted by atomic mass is 10.2. The third-order valence-electron chi connectivity index (χ3n) is 1.45. The minimum atomic E-state index is -0.905. The highest BCUT2D eigenvalue weighted by Crippen LogP contribution is 2.04. The summed E-state index contributed by atoms with van der Waals surface area (Å²) in [7, 11) is 0. The van der Waals surface area contributed by atoms with Crippen molar-refractivity contribution in [2.75, 3.05) is 6.54 Å². The molecule has 0 aliphatic heterocycles. The van der Waals surface area contributed by atoms with Crippen molar-refractivity contribution in [1.29, 1.82) is 0 Å². The van der Waals surface area contributed by atoms with Gasteiger partial charge in [-0.05, 0) is 6.08 Å². The number of hydrogen-bond donors (Lipinski definition) is 2. The van der Waals surface area contributed by atoms with Crippen LogP contribution < -0.4 is 5.32 Å². The Balaban J connectivity index is 2.24. The van der Waals surface area contributed by atoms with Crippen LogP contribution in [0.15, 0.2) is 12.2 Å². The van der Waals surface area contributed by atoms with Gasteiger partial charge in [0.1, 0.15) is 0 Å². The second-order valence-electron chi connectivity index (χ2n) is 2.41. The number of rotatable bonds is 3. The smallest absolute Gasteiger partial charge is 0.317 e. The molecule has 0 saturated carbocycles. The minimum absolute atomic E-state index is 0.0490. The van der Waals surface area contributed by atoms with E-state index in [1.807, 2.05) is 0 Å². The maximum Gasteiger partial charge on any atom is 0.317 e. The Hall–Kier alpha value is -1.16. The van der Waals surface area contributed by atoms with Crippen LogP contribution in [0.4, 0.5) is 0 Å². The van der Waals surface area contributed by atoms with Gasteiger partial charge in [-0.3, -0.25) is 9.59 Å². The summed E-state index contributed by atoms with van der Waals surface area (Å²) in [4.78, 5) is 20.7. The van der Waals surface area contributed by atoms with E-state index in [1.165, 1.54) is 6.08 Å². The third kappa shape index (κ3) is 2.51. The molecule has 1 aliphatic rings. The summed E-state index contributed by atoms with van der Waals surface area (Å²) < 4.78 is 0. The number of aliphatic carboxylic acids is 1. The molecule has 0 aromatic rings. The maximum atomic E-state index is 10.6. The van der Waals surface area contributed by atoms with Crippen LogP contribution in [0.1, 0.15) is 6.42 Å². The Kier molecular flexibility index (Phi) is 2.38. The van der Waals surface area contributed by atoms with E-state index < -0.39 is 5.97 Å². The molecule has 60 valence electrons. The molecule has 1 rings (SSSR count). The van der Waals surface area contributed by atoms with E-state index in [4.69, 9.17) is 5.11 Å². The van der Waals surface area contributed by atoms with E-state index >= 15 is 0 Å². The fourth-order valence-electron chi connectivity index (χ4n) is 0.935. The van der Waals surface area contributed by atoms with Gasteiger partial charge in [0.15, 0.2) is 5.78 Å². The zero-order valence-electron chi connectivity index (χ0n) is 5.91. The van der Waals surface area contributed by atoms with Gasteiger partial charge in [-0.25, -0.2) is 0 Å². The molecule has 4 heteroatoms. The van der Waals surface area contributed by atoms with Gasteiger partial charge >= 0.3 is 5.97 Å². The van der Waals surface area contributed by atoms with E-state index in [2.05, 4.69) is 5.32 Å². The Bertz CT molecular complexity index is 210. The van der Waals surface area contributed by atoms with Gasteiger partial charge < -0.3 is 10.4 Å². The summed E-state index contributed by atoms with van der Waals surface area (Å²) in [5.74, 6) is -0.856. The number of ketones is 1. The van der Waals surface area contributed by atoms with Crippen molar-refractivity contribution < 1.29 is 14.7 Å². The van der Waals surface area contributed by atoms with E-state index in [-0.39, 0.29) is 18.4 Å². The Labute approximate surface area is 63.9 Å². The van der Waals surface area contributed by atoms with E-state index in [1.54, 1.807) is 6.08 Å². The molecule has 0 aromatic heterocycles. The second-order valence-corrected chi connectivity index (χ2v) is 2.41. The van der Waals surface area contributed by atoms with Crippen LogP contribution in [0.2, 0.25) is 0 Å². The van der Waals surface area contributed by atoms with Gasteiger partial charge in [0.25, 0.3) is 0 Å². The van der Waals surface area contributed by atoms with Crippen molar-refractivity contribution in [3.63, 3.8) is 0 Å². The van der Waals surface area contributed by atoms with Crippen molar-refractivity contribution >= 4 is 11.8 Å². The van der Waals surface area contributed by atoms with Crippen molar-refractivity contribution in [2.45, 2.75) is 12.5 Å². The number of carboxylic acids is 1. The predicted octanol–water partition coefficient (Wildman–Crippen LogP) is -0.442. The molecule has 0 radical (unpaired) electrons. The average molecular weight is 155 g/mol. The molecule has 1 atom stereocenters. The molecule has 0 bridgehead atoms. The fraction of sp³-hybridized carbons (Fsp3) is 0.429. The van der Waals surface area contributed by atoms with Crippen molar-refractivity contribution in [3.05, 3.63) is 12.2 Å². The van der Waals surface area contributed by atoms with Gasteiger partial charge in [-0.2, -0.15) is 0 Å². The molecule has 0 heterocycles. The van der Waals surface area contributed by atoms with E-state index in [0.717, 1.165) is 0 Å². The third-order valence-corrected chi connectivity index (χ3v) is 1.45. The number of nitrogens with one attached hydrogen (secondary N) is 1. The molecule has 0 amide bonds. The van der Waals surface area contributed by atoms with Gasteiger partial charge in [0.2, 0.25) is 0 Å². The molecule has 11 heavy (non-hydrogen) atoms. The highest BCUT2D eigenvalue weighted by atomic mass is 16.4. The van der Waals surface area contributed by atoms with Crippen molar-refractivity contribution in [2.24, 2.45) is 0 Å². The monoisotopic (exact) mass is 155 g/mol. The van der Waals surface area contributed by atoms with Gasteiger partial charge in [0.05, 0.1) is 6.54 Å². The van der Waals surface area contributed by atoms with Gasteiger partial charge in [-0.15, -0.1) is 0 Å². The summed E-state index contributed by atoms with van der Waals surface area (Å²) in [6.45, 7) is -0.0950. The molecule has 2 N–H and O–H groups in total. The van der Waals surface area contributed by atoms with Crippen LogP contribution >= 0.6 is 0 Å². The molecule has 4 nitrogen and oxygen atoms in total. The zero-order valence-corrected chi connectivity index (χ0v) is 5.91. The number of carbonyl (C=O) groups excluding carboxylic acids is 1. The largest absolute Gasteiger partial charge is 0.480 e. The van der Waals surface area contributed by atoms with Crippen molar-refractivity contribution in [1.82, 2.24) is 5.32 Å². The van der Waals surface area contributed by atoms with Crippen LogP contribution in [0, 0.1) is 0 Å². The highest BCUT2D eigenvalue weighted by molar-refractivity contribution is 5.92. The first-order chi connectivity index (χ1) is 5.18. The Morgan fingerprint density at radius 1 is 1.82 bits per heavy atom. The van der Waals surface area contributed by atoms with Crippen LogP contribution in [-0.4, -0.2) is 29.4 Å². The standard InChI is InChI=1S/C7H9NO3/c9-6-2-1-5(3-6)8-4-7(10)11/h1-2,5,8H,3-4H2,(H,10,11). The summed E-state index contributed by atoms with van der Waals surface area (Å²) in [5, 5.41) is 11.0. The first-order valence-corrected chi connectivity index (χ1v) is 3.34.